The normalized spacial score (nSPS) is 15.9. The Morgan fingerprint density at radius 3 is 2.66 bits per heavy atom. The van der Waals surface area contributed by atoms with Crippen LogP contribution in [0.1, 0.15) is 23.1 Å². The van der Waals surface area contributed by atoms with Gasteiger partial charge in [0.2, 0.25) is 5.91 Å². The van der Waals surface area contributed by atoms with Gasteiger partial charge in [-0.2, -0.15) is 0 Å². The average Bonchev–Trinajstić information content (AvgIpc) is 2.72. The van der Waals surface area contributed by atoms with E-state index in [1.807, 2.05) is 37.3 Å². The monoisotopic (exact) mass is 391 g/mol. The van der Waals surface area contributed by atoms with Crippen molar-refractivity contribution in [3.05, 3.63) is 75.8 Å². The quantitative estimate of drug-likeness (QED) is 0.736. The highest BCUT2D eigenvalue weighted by Gasteiger charge is 2.34. The van der Waals surface area contributed by atoms with Crippen LogP contribution in [-0.2, 0) is 29.1 Å². The summed E-state index contributed by atoms with van der Waals surface area (Å²) in [5, 5.41) is 10.1. The minimum Gasteiger partial charge on any atom is -0.480 e. The van der Waals surface area contributed by atoms with E-state index in [1.165, 1.54) is 15.8 Å². The molecule has 7 heteroatoms. The molecule has 1 unspecified atom stereocenters. The lowest BCUT2D eigenvalue weighted by molar-refractivity contribution is -0.151. The highest BCUT2D eigenvalue weighted by molar-refractivity contribution is 5.84. The minimum atomic E-state index is -1.02. The standard InChI is InChI=1S/C22H21N3O4/c1-14-5-4-8-17-20(14)23-13-24(21(17)27)10-9-19(26)25-12-16-7-3-2-6-15(16)11-18(25)22(28)29/h2-8,13,18H,9-12H2,1H3,(H,28,29). The number of hydrogen-bond acceptors (Lipinski definition) is 4. The van der Waals surface area contributed by atoms with Gasteiger partial charge in [0.25, 0.3) is 5.56 Å². The molecule has 148 valence electrons. The van der Waals surface area contributed by atoms with E-state index in [1.54, 1.807) is 12.1 Å². The summed E-state index contributed by atoms with van der Waals surface area (Å²) in [5.41, 5.74) is 3.27. The molecule has 29 heavy (non-hydrogen) atoms. The molecule has 2 heterocycles. The van der Waals surface area contributed by atoms with Crippen LogP contribution >= 0.6 is 0 Å². The third kappa shape index (κ3) is 3.51. The van der Waals surface area contributed by atoms with Crippen molar-refractivity contribution in [3.63, 3.8) is 0 Å². The third-order valence-corrected chi connectivity index (χ3v) is 5.48. The first-order chi connectivity index (χ1) is 14.0. The number of fused-ring (bicyclic) bond motifs is 2. The van der Waals surface area contributed by atoms with E-state index in [0.717, 1.165) is 16.7 Å². The second-order valence-electron chi connectivity index (χ2n) is 7.31. The summed E-state index contributed by atoms with van der Waals surface area (Å²) >= 11 is 0. The molecule has 2 aromatic carbocycles. The largest absolute Gasteiger partial charge is 0.480 e. The molecule has 0 spiro atoms. The summed E-state index contributed by atoms with van der Waals surface area (Å²) in [5.74, 6) is -1.31. The van der Waals surface area contributed by atoms with Crippen molar-refractivity contribution in [1.29, 1.82) is 0 Å². The fourth-order valence-electron chi connectivity index (χ4n) is 3.86. The predicted molar refractivity (Wildman–Crippen MR) is 107 cm³/mol. The summed E-state index contributed by atoms with van der Waals surface area (Å²) in [6.45, 7) is 2.30. The van der Waals surface area contributed by atoms with E-state index in [0.29, 0.717) is 10.9 Å². The number of aliphatic carboxylic acids is 1. The second kappa shape index (κ2) is 7.50. The van der Waals surface area contributed by atoms with Gasteiger partial charge in [0.15, 0.2) is 0 Å². The van der Waals surface area contributed by atoms with Gasteiger partial charge in [0.05, 0.1) is 17.2 Å². The maximum atomic E-state index is 12.9. The maximum Gasteiger partial charge on any atom is 0.326 e. The van der Waals surface area contributed by atoms with E-state index in [-0.39, 0.29) is 37.4 Å². The van der Waals surface area contributed by atoms with Gasteiger partial charge in [0, 0.05) is 25.9 Å². The van der Waals surface area contributed by atoms with Gasteiger partial charge >= 0.3 is 5.97 Å². The predicted octanol–water partition coefficient (Wildman–Crippen LogP) is 2.13. The first-order valence-electron chi connectivity index (χ1n) is 9.49. The van der Waals surface area contributed by atoms with E-state index < -0.39 is 12.0 Å². The molecule has 1 atom stereocenters. The fraction of sp³-hybridized carbons (Fsp3) is 0.273. The van der Waals surface area contributed by atoms with Crippen LogP contribution in [0.2, 0.25) is 0 Å². The Morgan fingerprint density at radius 2 is 1.90 bits per heavy atom. The van der Waals surface area contributed by atoms with Crippen LogP contribution < -0.4 is 5.56 Å². The van der Waals surface area contributed by atoms with Crippen molar-refractivity contribution in [3.8, 4) is 0 Å². The number of aromatic nitrogens is 2. The lowest BCUT2D eigenvalue weighted by Gasteiger charge is -2.34. The summed E-state index contributed by atoms with van der Waals surface area (Å²) < 4.78 is 1.41. The zero-order valence-electron chi connectivity index (χ0n) is 16.0. The zero-order chi connectivity index (χ0) is 20.5. The number of carboxylic acid groups (broad SMARTS) is 1. The number of rotatable bonds is 4. The molecule has 0 saturated carbocycles. The number of carboxylic acids is 1. The molecular weight excluding hydrogens is 370 g/mol. The summed E-state index contributed by atoms with van der Waals surface area (Å²) in [6, 6.07) is 12.1. The lowest BCUT2D eigenvalue weighted by atomic mass is 9.93. The first kappa shape index (κ1) is 18.9. The van der Waals surface area contributed by atoms with Crippen LogP contribution in [0.5, 0.6) is 0 Å². The molecule has 3 aromatic rings. The van der Waals surface area contributed by atoms with Gasteiger partial charge in [-0.15, -0.1) is 0 Å². The Kier molecular flexibility index (Phi) is 4.88. The highest BCUT2D eigenvalue weighted by Crippen LogP contribution is 2.24. The third-order valence-electron chi connectivity index (χ3n) is 5.48. The fourth-order valence-corrected chi connectivity index (χ4v) is 3.86. The van der Waals surface area contributed by atoms with Crippen LogP contribution in [0.3, 0.4) is 0 Å². The van der Waals surface area contributed by atoms with Crippen LogP contribution in [0.25, 0.3) is 10.9 Å². The number of aryl methyl sites for hydroxylation is 2. The molecule has 1 aromatic heterocycles. The summed E-state index contributed by atoms with van der Waals surface area (Å²) in [4.78, 5) is 43.0. The SMILES string of the molecule is Cc1cccc2c(=O)n(CCC(=O)N3Cc4ccccc4CC3C(=O)O)cnc12. The van der Waals surface area contributed by atoms with Crippen LogP contribution in [-0.4, -0.2) is 37.5 Å². The van der Waals surface area contributed by atoms with Gasteiger partial charge in [0.1, 0.15) is 6.04 Å². The number of benzene rings is 2. The molecule has 1 N–H and O–H groups in total. The minimum absolute atomic E-state index is 0.0326. The van der Waals surface area contributed by atoms with Gasteiger partial charge in [-0.3, -0.25) is 14.2 Å². The highest BCUT2D eigenvalue weighted by atomic mass is 16.4. The first-order valence-corrected chi connectivity index (χ1v) is 9.49. The van der Waals surface area contributed by atoms with Gasteiger partial charge < -0.3 is 10.0 Å². The molecule has 1 aliphatic heterocycles. The molecule has 0 fully saturated rings. The van der Waals surface area contributed by atoms with E-state index in [2.05, 4.69) is 4.98 Å². The molecule has 0 saturated heterocycles. The Balaban J connectivity index is 1.55. The van der Waals surface area contributed by atoms with E-state index >= 15 is 0 Å². The number of para-hydroxylation sites is 1. The van der Waals surface area contributed by atoms with Crippen molar-refractivity contribution >= 4 is 22.8 Å². The van der Waals surface area contributed by atoms with Crippen molar-refractivity contribution in [1.82, 2.24) is 14.5 Å². The number of carbonyl (C=O) groups is 2. The molecule has 1 aliphatic rings. The van der Waals surface area contributed by atoms with Crippen molar-refractivity contribution in [2.24, 2.45) is 0 Å². The zero-order valence-corrected chi connectivity index (χ0v) is 16.0. The second-order valence-corrected chi connectivity index (χ2v) is 7.31. The van der Waals surface area contributed by atoms with Crippen molar-refractivity contribution in [2.45, 2.75) is 38.9 Å². The maximum absolute atomic E-state index is 12.9. The molecule has 0 bridgehead atoms. The average molecular weight is 391 g/mol. The number of carbonyl (C=O) groups excluding carboxylic acids is 1. The van der Waals surface area contributed by atoms with E-state index in [4.69, 9.17) is 0 Å². The van der Waals surface area contributed by atoms with Crippen LogP contribution in [0.4, 0.5) is 0 Å². The Labute approximate surface area is 167 Å². The Bertz CT molecular complexity index is 1170. The van der Waals surface area contributed by atoms with Crippen LogP contribution in [0.15, 0.2) is 53.6 Å². The number of hydrogen-bond donors (Lipinski definition) is 1. The Morgan fingerprint density at radius 1 is 1.14 bits per heavy atom. The van der Waals surface area contributed by atoms with E-state index in [9.17, 15) is 19.5 Å². The Hall–Kier alpha value is -3.48. The molecule has 4 rings (SSSR count). The number of nitrogens with zero attached hydrogens (tertiary/aromatic N) is 3. The van der Waals surface area contributed by atoms with Crippen molar-refractivity contribution in [2.75, 3.05) is 0 Å². The molecule has 1 amide bonds. The summed E-state index contributed by atoms with van der Waals surface area (Å²) in [6.07, 6.45) is 1.77. The topological polar surface area (TPSA) is 92.5 Å². The lowest BCUT2D eigenvalue weighted by Crippen LogP contribution is -2.48. The molecule has 0 aliphatic carbocycles. The molecular formula is C22H21N3O4. The molecule has 7 nitrogen and oxygen atoms in total. The smallest absolute Gasteiger partial charge is 0.326 e. The van der Waals surface area contributed by atoms with Gasteiger partial charge in [-0.25, -0.2) is 9.78 Å². The van der Waals surface area contributed by atoms with Crippen LogP contribution in [0, 0.1) is 6.92 Å². The summed E-state index contributed by atoms with van der Waals surface area (Å²) in [7, 11) is 0. The van der Waals surface area contributed by atoms with Crippen molar-refractivity contribution < 1.29 is 14.7 Å². The molecule has 0 radical (unpaired) electrons. The number of amides is 1. The van der Waals surface area contributed by atoms with Gasteiger partial charge in [-0.05, 0) is 29.7 Å². The van der Waals surface area contributed by atoms with Gasteiger partial charge in [-0.1, -0.05) is 36.4 Å².